The second kappa shape index (κ2) is 7.54. The highest BCUT2D eigenvalue weighted by Gasteiger charge is 2.28. The zero-order valence-corrected chi connectivity index (χ0v) is 13.1. The first kappa shape index (κ1) is 15.2. The molecule has 0 saturated carbocycles. The van der Waals surface area contributed by atoms with E-state index in [1.165, 1.54) is 11.1 Å². The quantitative estimate of drug-likeness (QED) is 0.827. The highest BCUT2D eigenvalue weighted by Crippen LogP contribution is 2.20. The van der Waals surface area contributed by atoms with Gasteiger partial charge in [-0.3, -0.25) is 9.74 Å². The molecule has 116 valence electrons. The number of nitrogens with zero attached hydrogens (tertiary/aromatic N) is 1. The van der Waals surface area contributed by atoms with Crippen LogP contribution in [0.3, 0.4) is 0 Å². The maximum absolute atomic E-state index is 5.67. The minimum Gasteiger partial charge on any atom is -0.297 e. The Labute approximate surface area is 132 Å². The Balaban J connectivity index is 1.44. The van der Waals surface area contributed by atoms with Crippen LogP contribution in [0.15, 0.2) is 60.7 Å². The smallest absolute Gasteiger partial charge is 0.0933 e. The fraction of sp³-hybridized carbons (Fsp3) is 0.368. The van der Waals surface area contributed by atoms with Crippen LogP contribution in [0.25, 0.3) is 0 Å². The lowest BCUT2D eigenvalue weighted by molar-refractivity contribution is 0.00553. The monoisotopic (exact) mass is 296 g/mol. The summed E-state index contributed by atoms with van der Waals surface area (Å²) in [7, 11) is 0. The van der Waals surface area contributed by atoms with Crippen LogP contribution in [-0.4, -0.2) is 23.5 Å². The summed E-state index contributed by atoms with van der Waals surface area (Å²) in [5, 5.41) is 0. The van der Waals surface area contributed by atoms with Gasteiger partial charge in [-0.25, -0.2) is 0 Å². The summed E-state index contributed by atoms with van der Waals surface area (Å²) in [4.78, 5) is 8.19. The number of rotatable bonds is 6. The molecule has 1 aliphatic rings. The number of hydrogen-bond acceptors (Lipinski definition) is 3. The fourth-order valence-corrected chi connectivity index (χ4v) is 3.04. The zero-order valence-electron chi connectivity index (χ0n) is 13.1. The summed E-state index contributed by atoms with van der Waals surface area (Å²) in [5.41, 5.74) is 5.81. The summed E-state index contributed by atoms with van der Waals surface area (Å²) in [6.45, 7) is 4.95. The van der Waals surface area contributed by atoms with E-state index in [4.69, 9.17) is 4.84 Å². The molecule has 2 atom stereocenters. The molecule has 0 aromatic heterocycles. The van der Waals surface area contributed by atoms with Crippen molar-refractivity contribution in [3.05, 3.63) is 71.8 Å². The van der Waals surface area contributed by atoms with E-state index in [1.807, 2.05) is 18.2 Å². The van der Waals surface area contributed by atoms with Crippen molar-refractivity contribution >= 4 is 0 Å². The standard InChI is InChI=1S/C19H24N2O/c1-16-12-19(20-22-15-18-10-6-3-7-11-18)14-21(16)13-17-8-4-2-5-9-17/h2-11,16,19-20H,12-15H2,1H3. The number of nitrogens with one attached hydrogen (secondary N) is 1. The maximum atomic E-state index is 5.67. The maximum Gasteiger partial charge on any atom is 0.0933 e. The van der Waals surface area contributed by atoms with Crippen molar-refractivity contribution in [1.29, 1.82) is 0 Å². The molecule has 2 unspecified atom stereocenters. The molecule has 0 bridgehead atoms. The van der Waals surface area contributed by atoms with Gasteiger partial charge in [0.1, 0.15) is 0 Å². The number of benzene rings is 2. The average molecular weight is 296 g/mol. The molecule has 2 aromatic carbocycles. The first-order valence-corrected chi connectivity index (χ1v) is 8.00. The first-order chi connectivity index (χ1) is 10.8. The van der Waals surface area contributed by atoms with Gasteiger partial charge in [0.2, 0.25) is 0 Å². The molecule has 3 nitrogen and oxygen atoms in total. The molecule has 0 radical (unpaired) electrons. The highest BCUT2D eigenvalue weighted by atomic mass is 16.6. The second-order valence-electron chi connectivity index (χ2n) is 6.09. The Morgan fingerprint density at radius 2 is 1.64 bits per heavy atom. The second-order valence-corrected chi connectivity index (χ2v) is 6.09. The van der Waals surface area contributed by atoms with Gasteiger partial charge >= 0.3 is 0 Å². The van der Waals surface area contributed by atoms with Gasteiger partial charge in [0.25, 0.3) is 0 Å². The fourth-order valence-electron chi connectivity index (χ4n) is 3.04. The van der Waals surface area contributed by atoms with Gasteiger partial charge in [0.05, 0.1) is 6.61 Å². The Morgan fingerprint density at radius 3 is 2.32 bits per heavy atom. The number of hydrogen-bond donors (Lipinski definition) is 1. The van der Waals surface area contributed by atoms with Crippen LogP contribution in [-0.2, 0) is 18.0 Å². The third-order valence-electron chi connectivity index (χ3n) is 4.26. The van der Waals surface area contributed by atoms with Crippen LogP contribution < -0.4 is 5.48 Å². The molecule has 3 rings (SSSR count). The van der Waals surface area contributed by atoms with E-state index in [0.717, 1.165) is 19.5 Å². The third-order valence-corrected chi connectivity index (χ3v) is 4.26. The van der Waals surface area contributed by atoms with Gasteiger partial charge in [0.15, 0.2) is 0 Å². The lowest BCUT2D eigenvalue weighted by Crippen LogP contribution is -2.32. The van der Waals surface area contributed by atoms with E-state index < -0.39 is 0 Å². The normalized spacial score (nSPS) is 22.0. The molecule has 0 aliphatic carbocycles. The molecule has 22 heavy (non-hydrogen) atoms. The van der Waals surface area contributed by atoms with Crippen LogP contribution in [0.1, 0.15) is 24.5 Å². The van der Waals surface area contributed by atoms with Gasteiger partial charge < -0.3 is 0 Å². The molecular formula is C19H24N2O. The van der Waals surface area contributed by atoms with Crippen molar-refractivity contribution < 1.29 is 4.84 Å². The zero-order chi connectivity index (χ0) is 15.2. The summed E-state index contributed by atoms with van der Waals surface area (Å²) in [6, 6.07) is 21.9. The van der Waals surface area contributed by atoms with Gasteiger partial charge in [0, 0.05) is 25.2 Å². The van der Waals surface area contributed by atoms with E-state index in [1.54, 1.807) is 0 Å². The average Bonchev–Trinajstić information content (AvgIpc) is 2.89. The molecule has 1 aliphatic heterocycles. The van der Waals surface area contributed by atoms with Gasteiger partial charge in [-0.2, -0.15) is 5.48 Å². The molecule has 0 amide bonds. The summed E-state index contributed by atoms with van der Waals surface area (Å²) in [6.07, 6.45) is 1.13. The third kappa shape index (κ3) is 4.17. The highest BCUT2D eigenvalue weighted by molar-refractivity contribution is 5.15. The van der Waals surface area contributed by atoms with E-state index >= 15 is 0 Å². The van der Waals surface area contributed by atoms with Crippen molar-refractivity contribution in [2.45, 2.75) is 38.6 Å². The molecular weight excluding hydrogens is 272 g/mol. The lowest BCUT2D eigenvalue weighted by atomic mass is 10.2. The van der Waals surface area contributed by atoms with Crippen molar-refractivity contribution in [2.75, 3.05) is 6.54 Å². The number of likely N-dealkylation sites (tertiary alicyclic amines) is 1. The van der Waals surface area contributed by atoms with Crippen molar-refractivity contribution in [3.8, 4) is 0 Å². The summed E-state index contributed by atoms with van der Waals surface area (Å²) >= 11 is 0. The Hall–Kier alpha value is -1.68. The van der Waals surface area contributed by atoms with Crippen molar-refractivity contribution in [3.63, 3.8) is 0 Å². The van der Waals surface area contributed by atoms with Crippen LogP contribution in [0.4, 0.5) is 0 Å². The minimum absolute atomic E-state index is 0.405. The predicted octanol–water partition coefficient (Wildman–Crippen LogP) is 3.37. The van der Waals surface area contributed by atoms with Gasteiger partial charge in [-0.1, -0.05) is 60.7 Å². The largest absolute Gasteiger partial charge is 0.297 e. The molecule has 1 fully saturated rings. The van der Waals surface area contributed by atoms with E-state index in [9.17, 15) is 0 Å². The first-order valence-electron chi connectivity index (χ1n) is 8.00. The van der Waals surface area contributed by atoms with Crippen LogP contribution in [0, 0.1) is 0 Å². The van der Waals surface area contributed by atoms with Gasteiger partial charge in [-0.15, -0.1) is 0 Å². The van der Waals surface area contributed by atoms with Gasteiger partial charge in [-0.05, 0) is 24.5 Å². The molecule has 1 N–H and O–H groups in total. The molecule has 1 saturated heterocycles. The summed E-state index contributed by atoms with van der Waals surface area (Å²) < 4.78 is 0. The molecule has 0 spiro atoms. The SMILES string of the molecule is CC1CC(NOCc2ccccc2)CN1Cc1ccccc1. The van der Waals surface area contributed by atoms with Crippen LogP contribution in [0.2, 0.25) is 0 Å². The molecule has 1 heterocycles. The van der Waals surface area contributed by atoms with Crippen LogP contribution in [0.5, 0.6) is 0 Å². The molecule has 2 aromatic rings. The van der Waals surface area contributed by atoms with Crippen LogP contribution >= 0.6 is 0 Å². The summed E-state index contributed by atoms with van der Waals surface area (Å²) in [5.74, 6) is 0. The van der Waals surface area contributed by atoms with E-state index in [-0.39, 0.29) is 0 Å². The van der Waals surface area contributed by atoms with E-state index in [0.29, 0.717) is 18.7 Å². The number of hydroxylamine groups is 1. The predicted molar refractivity (Wildman–Crippen MR) is 89.1 cm³/mol. The van der Waals surface area contributed by atoms with Crippen molar-refractivity contribution in [2.24, 2.45) is 0 Å². The minimum atomic E-state index is 0.405. The van der Waals surface area contributed by atoms with E-state index in [2.05, 4.69) is 59.8 Å². The lowest BCUT2D eigenvalue weighted by Gasteiger charge is -2.20. The van der Waals surface area contributed by atoms with Crippen molar-refractivity contribution in [1.82, 2.24) is 10.4 Å². The topological polar surface area (TPSA) is 24.5 Å². The Kier molecular flexibility index (Phi) is 5.22. The Morgan fingerprint density at radius 1 is 1.00 bits per heavy atom. The molecule has 3 heteroatoms. The Bertz CT molecular complexity index is 558.